The van der Waals surface area contributed by atoms with Crippen molar-refractivity contribution >= 4 is 17.2 Å². The van der Waals surface area contributed by atoms with E-state index in [4.69, 9.17) is 21.3 Å². The van der Waals surface area contributed by atoms with E-state index in [0.717, 1.165) is 53.7 Å². The van der Waals surface area contributed by atoms with Gasteiger partial charge in [0.05, 0.1) is 12.0 Å². The van der Waals surface area contributed by atoms with Crippen LogP contribution in [0.5, 0.6) is 0 Å². The van der Waals surface area contributed by atoms with Gasteiger partial charge in [0.15, 0.2) is 0 Å². The average Bonchev–Trinajstić information content (AvgIpc) is 2.78. The van der Waals surface area contributed by atoms with E-state index in [9.17, 15) is 4.79 Å². The molecule has 1 aliphatic heterocycles. The van der Waals surface area contributed by atoms with Crippen LogP contribution in [0.2, 0.25) is 5.15 Å². The third-order valence-electron chi connectivity index (χ3n) is 5.80. The Kier molecular flexibility index (Phi) is 6.30. The Balaban J connectivity index is 1.61. The molecule has 0 amide bonds. The van der Waals surface area contributed by atoms with Gasteiger partial charge < -0.3 is 4.74 Å². The second kappa shape index (κ2) is 9.11. The summed E-state index contributed by atoms with van der Waals surface area (Å²) in [7, 11) is 0. The first-order valence-corrected chi connectivity index (χ1v) is 10.8. The number of pyridine rings is 1. The Morgan fingerprint density at radius 3 is 2.73 bits per heavy atom. The third kappa shape index (κ3) is 4.32. The van der Waals surface area contributed by atoms with Crippen LogP contribution >= 0.6 is 11.6 Å². The quantitative estimate of drug-likeness (QED) is 0.645. The average molecular weight is 424 g/mol. The minimum atomic E-state index is 0.0326. The molecule has 1 fully saturated rings. The van der Waals surface area contributed by atoms with E-state index in [1.165, 1.54) is 0 Å². The van der Waals surface area contributed by atoms with Gasteiger partial charge in [0.1, 0.15) is 5.15 Å². The van der Waals surface area contributed by atoms with Crippen LogP contribution in [0.3, 0.4) is 0 Å². The normalized spacial score (nSPS) is 17.4. The van der Waals surface area contributed by atoms with Gasteiger partial charge in [-0.2, -0.15) is 0 Å². The van der Waals surface area contributed by atoms with E-state index in [2.05, 4.69) is 23.7 Å². The molecule has 0 saturated carbocycles. The Hall–Kier alpha value is -2.50. The van der Waals surface area contributed by atoms with Crippen molar-refractivity contribution in [3.63, 3.8) is 0 Å². The molecule has 6 heteroatoms. The van der Waals surface area contributed by atoms with Crippen LogP contribution in [0, 0.1) is 6.92 Å². The van der Waals surface area contributed by atoms with Crippen LogP contribution in [0.4, 0.5) is 0 Å². The molecule has 1 saturated heterocycles. The van der Waals surface area contributed by atoms with Gasteiger partial charge in [0.2, 0.25) is 0 Å². The highest BCUT2D eigenvalue weighted by molar-refractivity contribution is 6.29. The van der Waals surface area contributed by atoms with E-state index < -0.39 is 0 Å². The lowest BCUT2D eigenvalue weighted by atomic mass is 9.87. The van der Waals surface area contributed by atoms with Gasteiger partial charge in [-0.25, -0.2) is 9.97 Å². The minimum absolute atomic E-state index is 0.0326. The second-order valence-corrected chi connectivity index (χ2v) is 8.24. The molecule has 0 radical (unpaired) electrons. The molecular weight excluding hydrogens is 398 g/mol. The van der Waals surface area contributed by atoms with Gasteiger partial charge in [-0.3, -0.25) is 9.36 Å². The van der Waals surface area contributed by atoms with Crippen molar-refractivity contribution in [2.75, 3.05) is 13.2 Å². The number of hydrogen-bond donors (Lipinski definition) is 0. The fourth-order valence-electron chi connectivity index (χ4n) is 4.15. The summed E-state index contributed by atoms with van der Waals surface area (Å²) < 4.78 is 7.21. The highest BCUT2D eigenvalue weighted by Gasteiger charge is 2.22. The lowest BCUT2D eigenvalue weighted by Gasteiger charge is -2.25. The van der Waals surface area contributed by atoms with E-state index >= 15 is 0 Å². The van der Waals surface area contributed by atoms with Crippen molar-refractivity contribution in [3.8, 4) is 0 Å². The van der Waals surface area contributed by atoms with Crippen LogP contribution in [0.1, 0.15) is 48.5 Å². The molecule has 1 aliphatic carbocycles. The maximum atomic E-state index is 13.1. The molecule has 4 rings (SSSR count). The number of allylic oxidation sites excluding steroid dienone is 5. The van der Waals surface area contributed by atoms with E-state index in [-0.39, 0.29) is 11.6 Å². The first-order valence-electron chi connectivity index (χ1n) is 10.4. The Labute approximate surface area is 181 Å². The first-order chi connectivity index (χ1) is 14.5. The molecule has 156 valence electrons. The van der Waals surface area contributed by atoms with Gasteiger partial charge >= 0.3 is 0 Å². The predicted molar refractivity (Wildman–Crippen MR) is 120 cm³/mol. The van der Waals surface area contributed by atoms with Gasteiger partial charge in [-0.05, 0) is 61.8 Å². The van der Waals surface area contributed by atoms with Crippen LogP contribution in [-0.4, -0.2) is 27.7 Å². The molecule has 5 nitrogen and oxygen atoms in total. The third-order valence-corrected chi connectivity index (χ3v) is 6.03. The molecule has 0 aromatic carbocycles. The topological polar surface area (TPSA) is 57.0 Å². The maximum absolute atomic E-state index is 13.1. The van der Waals surface area contributed by atoms with Gasteiger partial charge in [0.25, 0.3) is 5.56 Å². The van der Waals surface area contributed by atoms with Crippen molar-refractivity contribution in [2.45, 2.75) is 45.1 Å². The molecule has 3 heterocycles. The summed E-state index contributed by atoms with van der Waals surface area (Å²) >= 11 is 5.90. The highest BCUT2D eigenvalue weighted by atomic mass is 35.5. The predicted octanol–water partition coefficient (Wildman–Crippen LogP) is 4.85. The monoisotopic (exact) mass is 423 g/mol. The Morgan fingerprint density at radius 2 is 2.00 bits per heavy atom. The smallest absolute Gasteiger partial charge is 0.257 e. The fraction of sp³-hybridized carbons (Fsp3) is 0.375. The van der Waals surface area contributed by atoms with Crippen molar-refractivity contribution < 1.29 is 4.74 Å². The van der Waals surface area contributed by atoms with Crippen molar-refractivity contribution in [1.82, 2.24) is 14.5 Å². The number of halogens is 1. The van der Waals surface area contributed by atoms with Crippen molar-refractivity contribution in [3.05, 3.63) is 86.9 Å². The zero-order valence-electron chi connectivity index (χ0n) is 17.2. The summed E-state index contributed by atoms with van der Waals surface area (Å²) in [6.07, 6.45) is 12.1. The Morgan fingerprint density at radius 1 is 1.23 bits per heavy atom. The number of aromatic nitrogens is 3. The van der Waals surface area contributed by atoms with Crippen molar-refractivity contribution in [1.29, 1.82) is 0 Å². The summed E-state index contributed by atoms with van der Waals surface area (Å²) in [5.41, 5.74) is 5.57. The van der Waals surface area contributed by atoms with Crippen LogP contribution in [0.25, 0.3) is 5.57 Å². The molecule has 0 spiro atoms. The van der Waals surface area contributed by atoms with Crippen LogP contribution in [-0.2, 0) is 11.2 Å². The molecule has 2 aromatic rings. The largest absolute Gasteiger partial charge is 0.381 e. The van der Waals surface area contributed by atoms with Crippen LogP contribution in [0.15, 0.2) is 59.3 Å². The molecule has 30 heavy (non-hydrogen) atoms. The summed E-state index contributed by atoms with van der Waals surface area (Å²) in [5.74, 6) is 0. The van der Waals surface area contributed by atoms with E-state index in [0.29, 0.717) is 30.4 Å². The number of nitrogens with zero attached hydrogens (tertiary/aromatic N) is 3. The highest BCUT2D eigenvalue weighted by Crippen LogP contribution is 2.34. The fourth-order valence-corrected chi connectivity index (χ4v) is 4.26. The van der Waals surface area contributed by atoms with E-state index in [1.807, 2.05) is 13.0 Å². The van der Waals surface area contributed by atoms with Crippen LogP contribution < -0.4 is 5.56 Å². The SMILES string of the molecule is C=C(Cc1ccc(Cl)nc1)C1=CCCC=C1c1ncn(C2CCOCC2)c(=O)c1C. The zero-order valence-corrected chi connectivity index (χ0v) is 18.0. The number of rotatable bonds is 5. The summed E-state index contributed by atoms with van der Waals surface area (Å²) in [4.78, 5) is 22.0. The second-order valence-electron chi connectivity index (χ2n) is 7.86. The first kappa shape index (κ1) is 20.8. The van der Waals surface area contributed by atoms with Crippen molar-refractivity contribution in [2.24, 2.45) is 0 Å². The summed E-state index contributed by atoms with van der Waals surface area (Å²) in [6, 6.07) is 3.91. The lowest BCUT2D eigenvalue weighted by molar-refractivity contribution is 0.0683. The molecular formula is C24H26ClN3O2. The number of ether oxygens (including phenoxy) is 1. The molecule has 0 atom stereocenters. The standard InChI is InChI=1S/C24H26ClN3O2/c1-16(13-18-7-8-22(25)26-14-18)20-5-3-4-6-21(20)23-17(2)24(29)28(15-27-23)19-9-11-30-12-10-19/h5-8,14-15,19H,1,3-4,9-13H2,2H3. The summed E-state index contributed by atoms with van der Waals surface area (Å²) in [5, 5.41) is 0.478. The lowest BCUT2D eigenvalue weighted by Crippen LogP contribution is -2.31. The number of hydrogen-bond acceptors (Lipinski definition) is 4. The van der Waals surface area contributed by atoms with E-state index in [1.54, 1.807) is 23.2 Å². The summed E-state index contributed by atoms with van der Waals surface area (Å²) in [6.45, 7) is 7.57. The van der Waals surface area contributed by atoms with Gasteiger partial charge in [0, 0.05) is 36.6 Å². The van der Waals surface area contributed by atoms with Gasteiger partial charge in [-0.1, -0.05) is 36.4 Å². The molecule has 0 N–H and O–H groups in total. The molecule has 2 aromatic heterocycles. The molecule has 0 bridgehead atoms. The molecule has 0 unspecified atom stereocenters. The molecule has 2 aliphatic rings. The zero-order chi connectivity index (χ0) is 21.1. The Bertz CT molecular complexity index is 1060. The maximum Gasteiger partial charge on any atom is 0.257 e. The van der Waals surface area contributed by atoms with Gasteiger partial charge in [-0.15, -0.1) is 0 Å². The minimum Gasteiger partial charge on any atom is -0.381 e.